The van der Waals surface area contributed by atoms with Crippen LogP contribution in [0.4, 0.5) is 15.0 Å². The molecular formula is C24H31FN6O4S. The van der Waals surface area contributed by atoms with Gasteiger partial charge in [-0.05, 0) is 39.8 Å². The van der Waals surface area contributed by atoms with Crippen LogP contribution in [0.1, 0.15) is 45.3 Å². The largest absolute Gasteiger partial charge is 0.466 e. The number of fused-ring (bicyclic) bond motifs is 1. The van der Waals surface area contributed by atoms with E-state index in [0.29, 0.717) is 22.6 Å². The fourth-order valence-electron chi connectivity index (χ4n) is 3.25. The van der Waals surface area contributed by atoms with E-state index < -0.39 is 23.4 Å². The molecule has 0 aliphatic rings. The Morgan fingerprint density at radius 3 is 2.72 bits per heavy atom. The lowest BCUT2D eigenvalue weighted by molar-refractivity contribution is -0.147. The molecule has 0 saturated heterocycles. The monoisotopic (exact) mass is 518 g/mol. The quantitative estimate of drug-likeness (QED) is 0.394. The van der Waals surface area contributed by atoms with Gasteiger partial charge in [0.1, 0.15) is 28.1 Å². The van der Waals surface area contributed by atoms with E-state index in [0.717, 1.165) is 5.01 Å². The summed E-state index contributed by atoms with van der Waals surface area (Å²) in [4.78, 5) is 44.3. The Kier molecular flexibility index (Phi) is 9.08. The predicted molar refractivity (Wildman–Crippen MR) is 134 cm³/mol. The van der Waals surface area contributed by atoms with E-state index in [9.17, 15) is 14.0 Å². The zero-order valence-corrected chi connectivity index (χ0v) is 21.9. The summed E-state index contributed by atoms with van der Waals surface area (Å²) in [5.74, 6) is -0.830. The van der Waals surface area contributed by atoms with Crippen LogP contribution >= 0.6 is 11.3 Å². The fourth-order valence-corrected chi connectivity index (χ4v) is 4.15. The average molecular weight is 519 g/mol. The van der Waals surface area contributed by atoms with Gasteiger partial charge in [-0.3, -0.25) is 9.78 Å². The average Bonchev–Trinajstić information content (AvgIpc) is 3.23. The molecule has 0 radical (unpaired) electrons. The number of nitrogens with one attached hydrogen (secondary N) is 1. The minimum atomic E-state index is -0.679. The third kappa shape index (κ3) is 7.54. The van der Waals surface area contributed by atoms with Crippen LogP contribution in [-0.2, 0) is 27.2 Å². The number of carbonyl (C=O) groups excluding carboxylic acids is 2. The number of esters is 1. The number of nitrogens with zero attached hydrogens (tertiary/aromatic N) is 5. The molecule has 1 atom stereocenters. The second-order valence-corrected chi connectivity index (χ2v) is 10.2. The number of rotatable bonds is 10. The minimum Gasteiger partial charge on any atom is -0.466 e. The zero-order chi connectivity index (χ0) is 26.3. The number of hydrogen-bond donors (Lipinski definition) is 1. The maximum absolute atomic E-state index is 13.9. The van der Waals surface area contributed by atoms with Gasteiger partial charge in [-0.1, -0.05) is 18.3 Å². The number of pyridine rings is 1. The summed E-state index contributed by atoms with van der Waals surface area (Å²) in [5, 5.41) is 3.80. The Morgan fingerprint density at radius 1 is 1.25 bits per heavy atom. The highest BCUT2D eigenvalue weighted by Gasteiger charge is 2.26. The molecule has 0 fully saturated rings. The van der Waals surface area contributed by atoms with Crippen LogP contribution in [0.5, 0.6) is 0 Å². The van der Waals surface area contributed by atoms with Gasteiger partial charge in [-0.15, -0.1) is 0 Å². The second kappa shape index (κ2) is 12.0. The predicted octanol–water partition coefficient (Wildman–Crippen LogP) is 4.21. The Bertz CT molecular complexity index is 1200. The SMILES string of the molecule is CCOC(=O)C(C)CN(CCc1nc2c(NCc3ncccc3F)ncnc2s1)C(=O)OC(C)(C)C. The summed E-state index contributed by atoms with van der Waals surface area (Å²) >= 11 is 1.37. The molecule has 3 aromatic rings. The lowest BCUT2D eigenvalue weighted by Gasteiger charge is -2.28. The molecule has 1 unspecified atom stereocenters. The normalized spacial score (nSPS) is 12.3. The van der Waals surface area contributed by atoms with E-state index in [1.165, 1.54) is 40.9 Å². The minimum absolute atomic E-state index is 0.143. The molecule has 3 rings (SSSR count). The molecule has 0 aliphatic heterocycles. The van der Waals surface area contributed by atoms with E-state index in [1.807, 2.05) is 0 Å². The van der Waals surface area contributed by atoms with Gasteiger partial charge in [-0.25, -0.2) is 24.1 Å². The summed E-state index contributed by atoms with van der Waals surface area (Å²) in [6, 6.07) is 2.88. The third-order valence-electron chi connectivity index (χ3n) is 4.93. The molecule has 10 nitrogen and oxygen atoms in total. The number of ether oxygens (including phenoxy) is 2. The first-order valence-electron chi connectivity index (χ1n) is 11.7. The van der Waals surface area contributed by atoms with Crippen molar-refractivity contribution in [2.24, 2.45) is 5.92 Å². The fraction of sp³-hybridized carbons (Fsp3) is 0.500. The maximum Gasteiger partial charge on any atom is 0.410 e. The van der Waals surface area contributed by atoms with Crippen molar-refractivity contribution < 1.29 is 23.5 Å². The standard InChI is InChI=1S/C24H31FN6O4S/c1-6-34-22(32)15(2)13-31(23(33)35-24(3,4)5)11-9-18-30-19-20(28-14-29-21(19)36-18)27-12-17-16(25)8-7-10-26-17/h7-8,10,14-15H,6,9,11-13H2,1-5H3,(H,27,28,29). The number of hydrogen-bond acceptors (Lipinski definition) is 10. The van der Waals surface area contributed by atoms with Gasteiger partial charge >= 0.3 is 12.1 Å². The molecule has 194 valence electrons. The van der Waals surface area contributed by atoms with Crippen molar-refractivity contribution in [3.63, 3.8) is 0 Å². The number of carbonyl (C=O) groups is 2. The van der Waals surface area contributed by atoms with Crippen LogP contribution in [0.15, 0.2) is 24.7 Å². The van der Waals surface area contributed by atoms with Crippen molar-refractivity contribution >= 4 is 39.6 Å². The van der Waals surface area contributed by atoms with Gasteiger partial charge in [-0.2, -0.15) is 0 Å². The van der Waals surface area contributed by atoms with Gasteiger partial charge in [0, 0.05) is 25.7 Å². The summed E-state index contributed by atoms with van der Waals surface area (Å²) in [6.45, 7) is 9.66. The Morgan fingerprint density at radius 2 is 2.03 bits per heavy atom. The van der Waals surface area contributed by atoms with E-state index in [2.05, 4.69) is 25.3 Å². The van der Waals surface area contributed by atoms with Crippen LogP contribution in [0.2, 0.25) is 0 Å². The number of aromatic nitrogens is 4. The van der Waals surface area contributed by atoms with E-state index in [-0.39, 0.29) is 37.9 Å². The first-order valence-corrected chi connectivity index (χ1v) is 12.5. The van der Waals surface area contributed by atoms with Crippen LogP contribution < -0.4 is 5.32 Å². The Balaban J connectivity index is 1.73. The van der Waals surface area contributed by atoms with E-state index in [4.69, 9.17) is 9.47 Å². The van der Waals surface area contributed by atoms with Crippen molar-refractivity contribution in [2.75, 3.05) is 25.0 Å². The molecule has 0 bridgehead atoms. The van der Waals surface area contributed by atoms with Crippen LogP contribution in [-0.4, -0.2) is 62.2 Å². The number of halogens is 1. The molecule has 1 N–H and O–H groups in total. The highest BCUT2D eigenvalue weighted by Crippen LogP contribution is 2.26. The van der Waals surface area contributed by atoms with Crippen molar-refractivity contribution in [3.05, 3.63) is 41.2 Å². The molecule has 0 aromatic carbocycles. The molecule has 12 heteroatoms. The van der Waals surface area contributed by atoms with Gasteiger partial charge in [0.15, 0.2) is 5.82 Å². The molecule has 3 aromatic heterocycles. The van der Waals surface area contributed by atoms with Crippen molar-refractivity contribution in [1.82, 2.24) is 24.8 Å². The maximum atomic E-state index is 13.9. The molecular weight excluding hydrogens is 487 g/mol. The summed E-state index contributed by atoms with van der Waals surface area (Å²) in [7, 11) is 0. The number of thiazole rings is 1. The Hall–Kier alpha value is -3.41. The molecule has 1 amide bonds. The van der Waals surface area contributed by atoms with Crippen molar-refractivity contribution in [1.29, 1.82) is 0 Å². The number of anilines is 1. The van der Waals surface area contributed by atoms with E-state index in [1.54, 1.807) is 34.6 Å². The topological polar surface area (TPSA) is 119 Å². The molecule has 0 saturated carbocycles. The van der Waals surface area contributed by atoms with Gasteiger partial charge < -0.3 is 19.7 Å². The third-order valence-corrected chi connectivity index (χ3v) is 5.95. The smallest absolute Gasteiger partial charge is 0.410 e. The van der Waals surface area contributed by atoms with Crippen LogP contribution in [0, 0.1) is 11.7 Å². The Labute approximate surface area is 213 Å². The van der Waals surface area contributed by atoms with Gasteiger partial charge in [0.25, 0.3) is 0 Å². The van der Waals surface area contributed by atoms with E-state index >= 15 is 0 Å². The van der Waals surface area contributed by atoms with Gasteiger partial charge in [0.05, 0.1) is 29.8 Å². The summed E-state index contributed by atoms with van der Waals surface area (Å²) in [5.41, 5.74) is 0.141. The van der Waals surface area contributed by atoms with Crippen molar-refractivity contribution in [2.45, 2.75) is 53.2 Å². The lowest BCUT2D eigenvalue weighted by Crippen LogP contribution is -2.41. The summed E-state index contributed by atoms with van der Waals surface area (Å²) in [6.07, 6.45) is 2.84. The van der Waals surface area contributed by atoms with Crippen molar-refractivity contribution in [3.8, 4) is 0 Å². The van der Waals surface area contributed by atoms with Crippen LogP contribution in [0.25, 0.3) is 10.3 Å². The molecule has 3 heterocycles. The summed E-state index contributed by atoms with van der Waals surface area (Å²) < 4.78 is 24.5. The zero-order valence-electron chi connectivity index (χ0n) is 21.1. The highest BCUT2D eigenvalue weighted by atomic mass is 32.1. The number of amides is 1. The first-order chi connectivity index (χ1) is 17.1. The molecule has 0 spiro atoms. The van der Waals surface area contributed by atoms with Gasteiger partial charge in [0.2, 0.25) is 0 Å². The second-order valence-electron chi connectivity index (χ2n) is 9.10. The van der Waals surface area contributed by atoms with Crippen LogP contribution in [0.3, 0.4) is 0 Å². The lowest BCUT2D eigenvalue weighted by atomic mass is 10.1. The molecule has 36 heavy (non-hydrogen) atoms. The first kappa shape index (κ1) is 27.2. The molecule has 0 aliphatic carbocycles. The highest BCUT2D eigenvalue weighted by molar-refractivity contribution is 7.18.